The number of aryl methyl sites for hydroxylation is 1. The van der Waals surface area contributed by atoms with E-state index >= 15 is 0 Å². The smallest absolute Gasteiger partial charge is 0.168 e. The summed E-state index contributed by atoms with van der Waals surface area (Å²) in [6, 6.07) is 23.2. The number of pyridine rings is 1. The third kappa shape index (κ3) is 2.44. The van der Waals surface area contributed by atoms with Gasteiger partial charge < -0.3 is 0 Å². The van der Waals surface area contributed by atoms with Crippen LogP contribution in [0, 0.1) is 6.92 Å². The average Bonchev–Trinajstić information content (AvgIpc) is 3.14. The summed E-state index contributed by atoms with van der Waals surface area (Å²) in [5, 5.41) is 13.7. The Morgan fingerprint density at radius 1 is 0.692 bits per heavy atom. The third-order valence-corrected chi connectivity index (χ3v) is 4.68. The highest BCUT2D eigenvalue weighted by Crippen LogP contribution is 2.31. The Hall–Kier alpha value is -3.20. The summed E-state index contributed by atoms with van der Waals surface area (Å²) in [5.41, 5.74) is 3.28. The van der Waals surface area contributed by atoms with Crippen LogP contribution < -0.4 is 0 Å². The first-order valence-electron chi connectivity index (χ1n) is 9.04. The quantitative estimate of drug-likeness (QED) is 0.373. The molecule has 0 bridgehead atoms. The second-order valence-electron chi connectivity index (χ2n) is 6.10. The van der Waals surface area contributed by atoms with E-state index in [2.05, 4.69) is 82.3 Å². The number of nitrogens with zero attached hydrogens (tertiary/aromatic N) is 3. The van der Waals surface area contributed by atoms with Gasteiger partial charge in [-0.05, 0) is 34.7 Å². The number of fused-ring (bicyclic) bond motifs is 4. The van der Waals surface area contributed by atoms with Gasteiger partial charge in [0.2, 0.25) is 0 Å². The van der Waals surface area contributed by atoms with Crippen LogP contribution in [-0.2, 0) is 0 Å². The maximum Gasteiger partial charge on any atom is 0.168 e. The fraction of sp³-hybridized carbons (Fsp3) is 0.130. The number of benzene rings is 3. The summed E-state index contributed by atoms with van der Waals surface area (Å²) < 4.78 is 2.08. The van der Waals surface area contributed by atoms with Crippen LogP contribution in [0.2, 0.25) is 0 Å². The molecule has 0 aliphatic rings. The maximum absolute atomic E-state index is 4.51. The van der Waals surface area contributed by atoms with Gasteiger partial charge in [-0.25, -0.2) is 0 Å². The van der Waals surface area contributed by atoms with Gasteiger partial charge in [-0.3, -0.25) is 4.40 Å². The molecule has 0 fully saturated rings. The van der Waals surface area contributed by atoms with E-state index < -0.39 is 0 Å². The summed E-state index contributed by atoms with van der Waals surface area (Å²) in [5.74, 6) is 0.881. The molecule has 5 aromatic rings. The van der Waals surface area contributed by atoms with E-state index in [1.165, 1.54) is 21.7 Å². The standard InChI is InChI=1S/C21H15N3.C2H6/c1-14-10-11-19(18-9-5-4-7-16(14)18)21-23-22-20-17-8-3-2-6-15(17)12-13-24(20)21;1-2/h2-13H,1H3;1-2H3. The van der Waals surface area contributed by atoms with Crippen LogP contribution in [0.3, 0.4) is 0 Å². The molecule has 128 valence electrons. The molecule has 0 amide bonds. The molecule has 26 heavy (non-hydrogen) atoms. The molecule has 0 N–H and O–H groups in total. The number of aromatic nitrogens is 3. The molecule has 3 aromatic carbocycles. The molecule has 3 heteroatoms. The predicted molar refractivity (Wildman–Crippen MR) is 110 cm³/mol. The van der Waals surface area contributed by atoms with E-state index in [1.807, 2.05) is 26.0 Å². The largest absolute Gasteiger partial charge is 0.282 e. The minimum absolute atomic E-state index is 0.881. The van der Waals surface area contributed by atoms with Crippen molar-refractivity contribution < 1.29 is 0 Å². The third-order valence-electron chi connectivity index (χ3n) is 4.68. The van der Waals surface area contributed by atoms with Crippen molar-refractivity contribution in [1.29, 1.82) is 0 Å². The molecule has 0 atom stereocenters. The molecule has 0 spiro atoms. The lowest BCUT2D eigenvalue weighted by molar-refractivity contribution is 1.11. The van der Waals surface area contributed by atoms with Gasteiger partial charge in [0.25, 0.3) is 0 Å². The number of hydrogen-bond acceptors (Lipinski definition) is 2. The fourth-order valence-electron chi connectivity index (χ4n) is 3.45. The van der Waals surface area contributed by atoms with Crippen LogP contribution in [0.15, 0.2) is 72.9 Å². The SMILES string of the molecule is CC.Cc1ccc(-c2nnc3c4ccccc4ccn23)c2ccccc12. The Labute approximate surface area is 152 Å². The lowest BCUT2D eigenvalue weighted by Gasteiger charge is -2.08. The van der Waals surface area contributed by atoms with Crippen molar-refractivity contribution in [2.24, 2.45) is 0 Å². The van der Waals surface area contributed by atoms with Gasteiger partial charge in [0.05, 0.1) is 0 Å². The molecule has 3 nitrogen and oxygen atoms in total. The van der Waals surface area contributed by atoms with E-state index in [0.29, 0.717) is 0 Å². The average molecular weight is 339 g/mol. The molecule has 0 aliphatic carbocycles. The first kappa shape index (κ1) is 16.3. The van der Waals surface area contributed by atoms with Crippen LogP contribution >= 0.6 is 0 Å². The molecule has 0 saturated heterocycles. The summed E-state index contributed by atoms with van der Waals surface area (Å²) in [7, 11) is 0. The van der Waals surface area contributed by atoms with Crippen molar-refractivity contribution in [2.75, 3.05) is 0 Å². The van der Waals surface area contributed by atoms with Gasteiger partial charge in [0.15, 0.2) is 11.5 Å². The Morgan fingerprint density at radius 2 is 1.38 bits per heavy atom. The summed E-state index contributed by atoms with van der Waals surface area (Å²) >= 11 is 0. The van der Waals surface area contributed by atoms with Crippen molar-refractivity contribution in [3.8, 4) is 11.4 Å². The van der Waals surface area contributed by atoms with Crippen LogP contribution in [0.4, 0.5) is 0 Å². The minimum Gasteiger partial charge on any atom is -0.282 e. The van der Waals surface area contributed by atoms with E-state index in [-0.39, 0.29) is 0 Å². The zero-order chi connectivity index (χ0) is 18.1. The lowest BCUT2D eigenvalue weighted by Crippen LogP contribution is -1.92. The lowest BCUT2D eigenvalue weighted by atomic mass is 10.00. The Bertz CT molecular complexity index is 1220. The van der Waals surface area contributed by atoms with Gasteiger partial charge in [-0.2, -0.15) is 0 Å². The fourth-order valence-corrected chi connectivity index (χ4v) is 3.45. The Kier molecular flexibility index (Phi) is 4.13. The molecule has 2 aromatic heterocycles. The summed E-state index contributed by atoms with van der Waals surface area (Å²) in [6.07, 6.45) is 2.06. The van der Waals surface area contributed by atoms with Crippen molar-refractivity contribution in [3.05, 3.63) is 78.5 Å². The van der Waals surface area contributed by atoms with Gasteiger partial charge in [0.1, 0.15) is 0 Å². The number of rotatable bonds is 1. The van der Waals surface area contributed by atoms with Crippen LogP contribution in [0.1, 0.15) is 19.4 Å². The predicted octanol–water partition coefficient (Wildman–Crippen LogP) is 6.04. The van der Waals surface area contributed by atoms with Crippen LogP contribution in [0.5, 0.6) is 0 Å². The summed E-state index contributed by atoms with van der Waals surface area (Å²) in [6.45, 7) is 6.14. The molecule has 0 unspecified atom stereocenters. The van der Waals surface area contributed by atoms with Crippen LogP contribution in [-0.4, -0.2) is 14.6 Å². The van der Waals surface area contributed by atoms with Gasteiger partial charge in [-0.1, -0.05) is 74.5 Å². The van der Waals surface area contributed by atoms with Gasteiger partial charge in [0, 0.05) is 17.1 Å². The molecular formula is C23H21N3. The van der Waals surface area contributed by atoms with Gasteiger partial charge >= 0.3 is 0 Å². The van der Waals surface area contributed by atoms with Crippen molar-refractivity contribution in [1.82, 2.24) is 14.6 Å². The van der Waals surface area contributed by atoms with E-state index in [9.17, 15) is 0 Å². The molecule has 0 aliphatic heterocycles. The highest BCUT2D eigenvalue weighted by atomic mass is 15.2. The monoisotopic (exact) mass is 339 g/mol. The zero-order valence-corrected chi connectivity index (χ0v) is 15.3. The van der Waals surface area contributed by atoms with E-state index in [1.54, 1.807) is 0 Å². The maximum atomic E-state index is 4.51. The molecule has 0 saturated carbocycles. The van der Waals surface area contributed by atoms with E-state index in [0.717, 1.165) is 22.4 Å². The Balaban J connectivity index is 0.000000814. The van der Waals surface area contributed by atoms with Crippen molar-refractivity contribution in [3.63, 3.8) is 0 Å². The summed E-state index contributed by atoms with van der Waals surface area (Å²) in [4.78, 5) is 0. The second-order valence-corrected chi connectivity index (χ2v) is 6.10. The number of hydrogen-bond donors (Lipinski definition) is 0. The first-order valence-corrected chi connectivity index (χ1v) is 9.04. The Morgan fingerprint density at radius 3 is 2.19 bits per heavy atom. The zero-order valence-electron chi connectivity index (χ0n) is 15.3. The highest BCUT2D eigenvalue weighted by Gasteiger charge is 2.13. The normalized spacial score (nSPS) is 10.9. The molecule has 2 heterocycles. The highest BCUT2D eigenvalue weighted by molar-refractivity contribution is 5.99. The van der Waals surface area contributed by atoms with Crippen LogP contribution in [0.25, 0.3) is 38.6 Å². The van der Waals surface area contributed by atoms with Crippen molar-refractivity contribution >= 4 is 27.2 Å². The molecular weight excluding hydrogens is 318 g/mol. The molecule has 5 rings (SSSR count). The first-order chi connectivity index (χ1) is 12.8. The van der Waals surface area contributed by atoms with E-state index in [4.69, 9.17) is 0 Å². The van der Waals surface area contributed by atoms with Gasteiger partial charge in [-0.15, -0.1) is 10.2 Å². The second kappa shape index (κ2) is 6.60. The topological polar surface area (TPSA) is 30.2 Å². The van der Waals surface area contributed by atoms with Crippen molar-refractivity contribution in [2.45, 2.75) is 20.8 Å². The molecule has 0 radical (unpaired) electrons. The minimum atomic E-state index is 0.881.